The number of carbonyl (C=O) groups is 2. The van der Waals surface area contributed by atoms with Crippen LogP contribution in [-0.4, -0.2) is 96.0 Å². The molecule has 1 rings (SSSR count). The van der Waals surface area contributed by atoms with Gasteiger partial charge in [0.2, 0.25) is 0 Å². The van der Waals surface area contributed by atoms with Gasteiger partial charge in [-0.05, 0) is 38.5 Å². The molecule has 13 heteroatoms. The van der Waals surface area contributed by atoms with E-state index < -0.39 is 71.2 Å². The summed E-state index contributed by atoms with van der Waals surface area (Å²) in [6, 6.07) is 0. The highest BCUT2D eigenvalue weighted by atomic mass is 32.2. The summed E-state index contributed by atoms with van der Waals surface area (Å²) in [6.45, 7) is 3.62. The number of aliphatic hydroxyl groups excluding tert-OH is 3. The molecule has 0 radical (unpaired) electrons. The van der Waals surface area contributed by atoms with Gasteiger partial charge in [0.1, 0.15) is 36.8 Å². The van der Waals surface area contributed by atoms with E-state index in [-0.39, 0.29) is 13.0 Å². The standard InChI is InChI=1S/C45H80O12S/c1-3-5-7-9-11-13-15-17-19-21-23-25-27-29-31-33-40(46)54-35-38(36-55-45-44(50)43(49)42(48)39(57-45)37-58(51,52)53)56-41(47)34-32-30-28-26-24-22-20-18-16-14-12-10-8-6-4-2/h10,12,27,29,31,33,38-39,42-45,48-50H,3-9,11,13-26,28,30,32,34-37H2,1-2H3,(H,51,52,53)/b12-10+,29-27+,33-31+/t38-,39-,42-,43?,44?,45+/m1/s1. The van der Waals surface area contributed by atoms with Crippen molar-refractivity contribution in [2.24, 2.45) is 0 Å². The maximum absolute atomic E-state index is 12.8. The van der Waals surface area contributed by atoms with E-state index >= 15 is 0 Å². The molecule has 2 unspecified atom stereocenters. The summed E-state index contributed by atoms with van der Waals surface area (Å²) in [4.78, 5) is 25.3. The highest BCUT2D eigenvalue weighted by Crippen LogP contribution is 2.24. The molecule has 1 saturated heterocycles. The number of aliphatic hydroxyl groups is 3. The number of rotatable bonds is 37. The molecule has 338 valence electrons. The van der Waals surface area contributed by atoms with Crippen molar-refractivity contribution >= 4 is 22.1 Å². The smallest absolute Gasteiger partial charge is 0.330 e. The quantitative estimate of drug-likeness (QED) is 0.0116. The van der Waals surface area contributed by atoms with Crippen LogP contribution in [0.5, 0.6) is 0 Å². The lowest BCUT2D eigenvalue weighted by Crippen LogP contribution is -2.60. The van der Waals surface area contributed by atoms with Gasteiger partial charge in [-0.15, -0.1) is 0 Å². The van der Waals surface area contributed by atoms with Gasteiger partial charge < -0.3 is 34.3 Å². The van der Waals surface area contributed by atoms with Gasteiger partial charge in [-0.2, -0.15) is 8.42 Å². The van der Waals surface area contributed by atoms with Crippen LogP contribution in [0.2, 0.25) is 0 Å². The molecule has 0 aromatic carbocycles. The minimum Gasteiger partial charge on any atom is -0.458 e. The molecular weight excluding hydrogens is 765 g/mol. The highest BCUT2D eigenvalue weighted by molar-refractivity contribution is 7.85. The Morgan fingerprint density at radius 2 is 1.12 bits per heavy atom. The fourth-order valence-corrected chi connectivity index (χ4v) is 7.44. The zero-order chi connectivity index (χ0) is 42.7. The van der Waals surface area contributed by atoms with E-state index in [1.807, 2.05) is 6.08 Å². The lowest BCUT2D eigenvalue weighted by Gasteiger charge is -2.40. The van der Waals surface area contributed by atoms with Gasteiger partial charge in [-0.3, -0.25) is 9.35 Å². The first-order valence-electron chi connectivity index (χ1n) is 22.6. The number of allylic oxidation sites excluding steroid dienone is 5. The zero-order valence-electron chi connectivity index (χ0n) is 35.9. The van der Waals surface area contributed by atoms with Gasteiger partial charge in [-0.1, -0.05) is 166 Å². The monoisotopic (exact) mass is 845 g/mol. The molecule has 0 aromatic heterocycles. The Morgan fingerprint density at radius 3 is 1.67 bits per heavy atom. The Bertz CT molecular complexity index is 1220. The topological polar surface area (TPSA) is 186 Å². The normalized spacial score (nSPS) is 20.7. The first kappa shape index (κ1) is 53.9. The summed E-state index contributed by atoms with van der Waals surface area (Å²) in [5, 5.41) is 30.8. The number of hydrogen-bond donors (Lipinski definition) is 4. The first-order valence-corrected chi connectivity index (χ1v) is 24.2. The lowest BCUT2D eigenvalue weighted by atomic mass is 10.00. The predicted molar refractivity (Wildman–Crippen MR) is 229 cm³/mol. The molecule has 0 aromatic rings. The molecule has 58 heavy (non-hydrogen) atoms. The highest BCUT2D eigenvalue weighted by Gasteiger charge is 2.46. The van der Waals surface area contributed by atoms with E-state index in [2.05, 4.69) is 26.0 Å². The van der Waals surface area contributed by atoms with Gasteiger partial charge >= 0.3 is 11.9 Å². The van der Waals surface area contributed by atoms with Crippen LogP contribution in [0.25, 0.3) is 0 Å². The van der Waals surface area contributed by atoms with E-state index in [9.17, 15) is 37.9 Å². The molecular formula is C45H80O12S. The van der Waals surface area contributed by atoms with Crippen molar-refractivity contribution in [1.82, 2.24) is 0 Å². The fourth-order valence-electron chi connectivity index (χ4n) is 6.75. The van der Waals surface area contributed by atoms with E-state index in [1.165, 1.54) is 115 Å². The summed E-state index contributed by atoms with van der Waals surface area (Å²) < 4.78 is 53.8. The third-order valence-corrected chi connectivity index (χ3v) is 11.0. The zero-order valence-corrected chi connectivity index (χ0v) is 36.7. The van der Waals surface area contributed by atoms with Crippen LogP contribution in [0, 0.1) is 0 Å². The molecule has 4 N–H and O–H groups in total. The minimum atomic E-state index is -4.61. The van der Waals surface area contributed by atoms with Crippen molar-refractivity contribution in [3.05, 3.63) is 36.5 Å². The number of unbranched alkanes of at least 4 members (excludes halogenated alkanes) is 22. The maximum Gasteiger partial charge on any atom is 0.330 e. The van der Waals surface area contributed by atoms with Gasteiger partial charge in [-0.25, -0.2) is 4.79 Å². The van der Waals surface area contributed by atoms with Crippen LogP contribution in [0.4, 0.5) is 0 Å². The van der Waals surface area contributed by atoms with Crippen molar-refractivity contribution in [2.45, 2.75) is 218 Å². The SMILES string of the molecule is CCCC/C=C/CCCCCCCCCCCC(=O)O[C@H](COC(=O)/C=C/C=C/CCCCCCCCCCCCC)CO[C@H]1O[C@H](CS(=O)(=O)O)[C@@H](O)C(O)C1O. The Labute approximate surface area is 351 Å². The Hall–Kier alpha value is -2.13. The Kier molecular flexibility index (Phi) is 33.1. The van der Waals surface area contributed by atoms with Gasteiger partial charge in [0.25, 0.3) is 10.1 Å². The van der Waals surface area contributed by atoms with Crippen LogP contribution in [0.15, 0.2) is 36.5 Å². The summed E-state index contributed by atoms with van der Waals surface area (Å²) in [6.07, 6.45) is 31.0. The van der Waals surface area contributed by atoms with E-state index in [0.29, 0.717) is 6.42 Å². The van der Waals surface area contributed by atoms with Crippen molar-refractivity contribution in [2.75, 3.05) is 19.0 Å². The minimum absolute atomic E-state index is 0.143. The molecule has 1 aliphatic rings. The molecule has 1 fully saturated rings. The average Bonchev–Trinajstić information content (AvgIpc) is 3.18. The molecule has 0 bridgehead atoms. The van der Waals surface area contributed by atoms with Crippen LogP contribution in [-0.2, 0) is 38.7 Å². The molecule has 1 heterocycles. The van der Waals surface area contributed by atoms with Crippen LogP contribution < -0.4 is 0 Å². The number of carbonyl (C=O) groups excluding carboxylic acids is 2. The molecule has 0 aliphatic carbocycles. The van der Waals surface area contributed by atoms with Gasteiger partial charge in [0.15, 0.2) is 12.4 Å². The van der Waals surface area contributed by atoms with E-state index in [0.717, 1.165) is 44.9 Å². The average molecular weight is 845 g/mol. The molecule has 1 aliphatic heterocycles. The van der Waals surface area contributed by atoms with E-state index in [1.54, 1.807) is 12.2 Å². The number of hydrogen-bond acceptors (Lipinski definition) is 11. The second kappa shape index (κ2) is 35.6. The fraction of sp³-hybridized carbons (Fsp3) is 0.822. The Morgan fingerprint density at radius 1 is 0.621 bits per heavy atom. The van der Waals surface area contributed by atoms with Crippen molar-refractivity contribution < 1.29 is 56.8 Å². The summed E-state index contributed by atoms with van der Waals surface area (Å²) in [5.74, 6) is -2.25. The number of esters is 2. The lowest BCUT2D eigenvalue weighted by molar-refractivity contribution is -0.297. The first-order chi connectivity index (χ1) is 28.0. The second-order valence-corrected chi connectivity index (χ2v) is 17.3. The van der Waals surface area contributed by atoms with E-state index in [4.69, 9.17) is 18.9 Å². The predicted octanol–water partition coefficient (Wildman–Crippen LogP) is 9.00. The van der Waals surface area contributed by atoms with Crippen LogP contribution in [0.3, 0.4) is 0 Å². The third-order valence-electron chi connectivity index (χ3n) is 10.3. The third kappa shape index (κ3) is 30.0. The molecule has 0 spiro atoms. The molecule has 12 nitrogen and oxygen atoms in total. The summed E-state index contributed by atoms with van der Waals surface area (Å²) >= 11 is 0. The van der Waals surface area contributed by atoms with Crippen LogP contribution >= 0.6 is 0 Å². The molecule has 0 saturated carbocycles. The Balaban J connectivity index is 2.50. The van der Waals surface area contributed by atoms with Crippen molar-refractivity contribution in [3.63, 3.8) is 0 Å². The largest absolute Gasteiger partial charge is 0.458 e. The van der Waals surface area contributed by atoms with Crippen LogP contribution in [0.1, 0.15) is 181 Å². The van der Waals surface area contributed by atoms with Crippen molar-refractivity contribution in [3.8, 4) is 0 Å². The van der Waals surface area contributed by atoms with Crippen molar-refractivity contribution in [1.29, 1.82) is 0 Å². The van der Waals surface area contributed by atoms with Gasteiger partial charge in [0, 0.05) is 12.5 Å². The summed E-state index contributed by atoms with van der Waals surface area (Å²) in [5.41, 5.74) is 0. The molecule has 0 amide bonds. The van der Waals surface area contributed by atoms with Gasteiger partial charge in [0.05, 0.1) is 6.61 Å². The number of ether oxygens (including phenoxy) is 4. The maximum atomic E-state index is 12.8. The summed E-state index contributed by atoms with van der Waals surface area (Å²) in [7, 11) is -4.61. The second-order valence-electron chi connectivity index (χ2n) is 15.8. The molecule has 6 atom stereocenters.